The van der Waals surface area contributed by atoms with Crippen molar-refractivity contribution in [2.75, 3.05) is 0 Å². The molecule has 5 aromatic rings. The van der Waals surface area contributed by atoms with E-state index in [1.54, 1.807) is 0 Å². The van der Waals surface area contributed by atoms with E-state index in [4.69, 9.17) is 0 Å². The topological polar surface area (TPSA) is 15.8 Å². The standard InChI is InChI=1S/C24H16N/c1-3-9-17(10-4-1)20-15-22-19-13-7-8-14-23(19)25-24(22)16-21(20)18-11-5-2-6-12-18/h1-15,25H. The van der Waals surface area contributed by atoms with Crippen molar-refractivity contribution in [3.63, 3.8) is 0 Å². The predicted octanol–water partition coefficient (Wildman–Crippen LogP) is 6.46. The Labute approximate surface area is 146 Å². The van der Waals surface area contributed by atoms with Crippen molar-refractivity contribution in [1.82, 2.24) is 4.98 Å². The first-order valence-electron chi connectivity index (χ1n) is 8.48. The molecule has 0 aliphatic carbocycles. The highest BCUT2D eigenvalue weighted by Gasteiger charge is 2.13. The van der Waals surface area contributed by atoms with Gasteiger partial charge in [-0.3, -0.25) is 0 Å². The number of fused-ring (bicyclic) bond motifs is 3. The Balaban J connectivity index is 1.89. The molecule has 0 saturated heterocycles. The Morgan fingerprint density at radius 2 is 1.24 bits per heavy atom. The monoisotopic (exact) mass is 318 g/mol. The molecule has 0 saturated carbocycles. The molecule has 0 aliphatic heterocycles. The van der Waals surface area contributed by atoms with Gasteiger partial charge in [0, 0.05) is 22.4 Å². The van der Waals surface area contributed by atoms with Gasteiger partial charge < -0.3 is 4.98 Å². The molecule has 1 heterocycles. The summed E-state index contributed by atoms with van der Waals surface area (Å²) < 4.78 is 0. The molecular weight excluding hydrogens is 302 g/mol. The minimum Gasteiger partial charge on any atom is -0.354 e. The summed E-state index contributed by atoms with van der Waals surface area (Å²) in [6.07, 6.45) is 0. The number of para-hydroxylation sites is 1. The van der Waals surface area contributed by atoms with Gasteiger partial charge in [-0.15, -0.1) is 0 Å². The van der Waals surface area contributed by atoms with E-state index in [9.17, 15) is 0 Å². The van der Waals surface area contributed by atoms with Crippen LogP contribution in [0.4, 0.5) is 0 Å². The molecule has 1 N–H and O–H groups in total. The summed E-state index contributed by atoms with van der Waals surface area (Å²) in [5, 5.41) is 2.46. The van der Waals surface area contributed by atoms with Gasteiger partial charge in [0.25, 0.3) is 0 Å². The molecule has 0 spiro atoms. The molecule has 0 atom stereocenters. The first kappa shape index (κ1) is 14.1. The molecule has 0 unspecified atom stereocenters. The minimum absolute atomic E-state index is 1.06. The van der Waals surface area contributed by atoms with E-state index in [2.05, 4.69) is 96.0 Å². The highest BCUT2D eigenvalue weighted by molar-refractivity contribution is 6.10. The fourth-order valence-electron chi connectivity index (χ4n) is 3.50. The zero-order valence-corrected chi connectivity index (χ0v) is 13.7. The number of H-pyrrole nitrogens is 1. The minimum atomic E-state index is 1.06. The van der Waals surface area contributed by atoms with Crippen molar-refractivity contribution in [2.24, 2.45) is 0 Å². The fraction of sp³-hybridized carbons (Fsp3) is 0. The number of nitrogens with one attached hydrogen (secondary N) is 1. The molecule has 117 valence electrons. The first-order valence-corrected chi connectivity index (χ1v) is 8.48. The summed E-state index contributed by atoms with van der Waals surface area (Å²) in [5.41, 5.74) is 6.94. The third-order valence-corrected chi connectivity index (χ3v) is 4.70. The number of benzene rings is 4. The molecule has 0 bridgehead atoms. The van der Waals surface area contributed by atoms with E-state index in [0.717, 1.165) is 16.6 Å². The molecule has 4 aromatic carbocycles. The van der Waals surface area contributed by atoms with Crippen molar-refractivity contribution in [3.05, 3.63) is 97.1 Å². The first-order chi connectivity index (χ1) is 12.4. The van der Waals surface area contributed by atoms with Crippen LogP contribution in [0.2, 0.25) is 0 Å². The maximum atomic E-state index is 3.64. The molecule has 0 fully saturated rings. The summed E-state index contributed by atoms with van der Waals surface area (Å²) in [6, 6.07) is 35.4. The van der Waals surface area contributed by atoms with Gasteiger partial charge >= 0.3 is 0 Å². The second kappa shape index (κ2) is 5.64. The molecule has 1 aromatic heterocycles. The lowest BCUT2D eigenvalue weighted by Crippen LogP contribution is -1.86. The zero-order chi connectivity index (χ0) is 16.6. The van der Waals surface area contributed by atoms with Gasteiger partial charge in [-0.1, -0.05) is 78.9 Å². The maximum absolute atomic E-state index is 3.64. The summed E-state index contributed by atoms with van der Waals surface area (Å²) in [6.45, 7) is 0. The van der Waals surface area contributed by atoms with Crippen LogP contribution in [0.15, 0.2) is 91.0 Å². The number of hydrogen-bond donors (Lipinski definition) is 1. The molecule has 25 heavy (non-hydrogen) atoms. The third-order valence-electron chi connectivity index (χ3n) is 4.70. The Morgan fingerprint density at radius 3 is 2.00 bits per heavy atom. The van der Waals surface area contributed by atoms with E-state index in [1.807, 2.05) is 6.07 Å². The fourth-order valence-corrected chi connectivity index (χ4v) is 3.50. The summed E-state index contributed by atoms with van der Waals surface area (Å²) >= 11 is 0. The van der Waals surface area contributed by atoms with Gasteiger partial charge in [-0.05, 0) is 34.4 Å². The molecule has 0 amide bonds. The average molecular weight is 318 g/mol. The normalized spacial score (nSPS) is 11.2. The summed E-state index contributed by atoms with van der Waals surface area (Å²) in [5.74, 6) is 0. The SMILES string of the molecule is [c]1c(-c2ccccc2)c(-c2ccccc2)cc2c1[nH]c1ccccc12. The highest BCUT2D eigenvalue weighted by Crippen LogP contribution is 2.37. The average Bonchev–Trinajstić information content (AvgIpc) is 3.06. The number of aromatic nitrogens is 1. The maximum Gasteiger partial charge on any atom is 0.0552 e. The second-order valence-electron chi connectivity index (χ2n) is 6.25. The van der Waals surface area contributed by atoms with Crippen molar-refractivity contribution >= 4 is 21.8 Å². The Bertz CT molecular complexity index is 1170. The van der Waals surface area contributed by atoms with Gasteiger partial charge in [0.1, 0.15) is 0 Å². The highest BCUT2D eigenvalue weighted by atomic mass is 14.7. The van der Waals surface area contributed by atoms with Crippen LogP contribution in [0.25, 0.3) is 44.1 Å². The zero-order valence-electron chi connectivity index (χ0n) is 13.7. The van der Waals surface area contributed by atoms with Gasteiger partial charge in [0.15, 0.2) is 0 Å². The van der Waals surface area contributed by atoms with Crippen LogP contribution in [-0.4, -0.2) is 4.98 Å². The van der Waals surface area contributed by atoms with Crippen LogP contribution in [0.1, 0.15) is 0 Å². The largest absolute Gasteiger partial charge is 0.354 e. The van der Waals surface area contributed by atoms with E-state index >= 15 is 0 Å². The van der Waals surface area contributed by atoms with Gasteiger partial charge in [0.2, 0.25) is 0 Å². The predicted molar refractivity (Wildman–Crippen MR) is 106 cm³/mol. The van der Waals surface area contributed by atoms with Crippen LogP contribution in [0, 0.1) is 6.07 Å². The smallest absolute Gasteiger partial charge is 0.0552 e. The molecule has 1 nitrogen and oxygen atoms in total. The number of rotatable bonds is 2. The lowest BCUT2D eigenvalue weighted by Gasteiger charge is -2.11. The van der Waals surface area contributed by atoms with Crippen LogP contribution in [0.5, 0.6) is 0 Å². The molecular formula is C24H16N. The van der Waals surface area contributed by atoms with Crippen LogP contribution >= 0.6 is 0 Å². The van der Waals surface area contributed by atoms with Gasteiger partial charge in [0.05, 0.1) is 5.52 Å². The second-order valence-corrected chi connectivity index (χ2v) is 6.25. The Hall–Kier alpha value is -3.32. The van der Waals surface area contributed by atoms with Gasteiger partial charge in [-0.25, -0.2) is 0 Å². The van der Waals surface area contributed by atoms with Crippen LogP contribution in [0.3, 0.4) is 0 Å². The Kier molecular flexibility index (Phi) is 3.17. The van der Waals surface area contributed by atoms with Crippen molar-refractivity contribution in [1.29, 1.82) is 0 Å². The summed E-state index contributed by atoms with van der Waals surface area (Å²) in [7, 11) is 0. The summed E-state index contributed by atoms with van der Waals surface area (Å²) in [4.78, 5) is 3.51. The van der Waals surface area contributed by atoms with Crippen molar-refractivity contribution in [3.8, 4) is 22.3 Å². The van der Waals surface area contributed by atoms with Gasteiger partial charge in [-0.2, -0.15) is 0 Å². The molecule has 0 aliphatic rings. The van der Waals surface area contributed by atoms with Crippen molar-refractivity contribution in [2.45, 2.75) is 0 Å². The lowest BCUT2D eigenvalue weighted by molar-refractivity contribution is 1.53. The van der Waals surface area contributed by atoms with Crippen LogP contribution in [-0.2, 0) is 0 Å². The molecule has 1 heteroatoms. The van der Waals surface area contributed by atoms with E-state index in [-0.39, 0.29) is 0 Å². The lowest BCUT2D eigenvalue weighted by atomic mass is 9.93. The van der Waals surface area contributed by atoms with E-state index in [1.165, 1.54) is 27.5 Å². The van der Waals surface area contributed by atoms with Crippen LogP contribution < -0.4 is 0 Å². The number of aromatic amines is 1. The van der Waals surface area contributed by atoms with E-state index < -0.39 is 0 Å². The van der Waals surface area contributed by atoms with Crippen molar-refractivity contribution < 1.29 is 0 Å². The van der Waals surface area contributed by atoms with E-state index in [0.29, 0.717) is 0 Å². The quantitative estimate of drug-likeness (QED) is 0.384. The molecule has 5 rings (SSSR count). The number of hydrogen-bond acceptors (Lipinski definition) is 0. The third kappa shape index (κ3) is 2.33. The molecule has 1 radical (unpaired) electrons. The Morgan fingerprint density at radius 1 is 0.600 bits per heavy atom.